The second-order valence-corrected chi connectivity index (χ2v) is 3.46. The summed E-state index contributed by atoms with van der Waals surface area (Å²) in [5.41, 5.74) is 1.04. The van der Waals surface area contributed by atoms with E-state index in [1.807, 2.05) is 30.3 Å². The predicted molar refractivity (Wildman–Crippen MR) is 59.5 cm³/mol. The number of benzene rings is 1. The van der Waals surface area contributed by atoms with Crippen molar-refractivity contribution in [2.75, 3.05) is 0 Å². The van der Waals surface area contributed by atoms with Gasteiger partial charge in [0.05, 0.1) is 6.10 Å². The Labute approximate surface area is 86.5 Å². The summed E-state index contributed by atoms with van der Waals surface area (Å²) >= 11 is 3.38. The molecule has 0 saturated carbocycles. The van der Waals surface area contributed by atoms with E-state index in [4.69, 9.17) is 0 Å². The summed E-state index contributed by atoms with van der Waals surface area (Å²) in [6, 6.07) is 9.79. The quantitative estimate of drug-likeness (QED) is 0.804. The molecule has 1 rings (SSSR count). The minimum absolute atomic E-state index is 0.602. The number of hydrogen-bond acceptors (Lipinski definition) is 1. The Hall–Kier alpha value is -0.860. The molecule has 0 amide bonds. The van der Waals surface area contributed by atoms with Crippen LogP contribution in [-0.2, 0) is 0 Å². The Morgan fingerprint density at radius 2 is 2.00 bits per heavy atom. The van der Waals surface area contributed by atoms with Crippen molar-refractivity contribution in [3.8, 4) is 0 Å². The molecule has 1 aromatic rings. The lowest BCUT2D eigenvalue weighted by molar-refractivity contribution is 0.273. The van der Waals surface area contributed by atoms with E-state index < -0.39 is 6.10 Å². The third kappa shape index (κ3) is 3.17. The number of hydrogen-bond donors (Lipinski definition) is 1. The molecule has 1 aromatic carbocycles. The first-order valence-corrected chi connectivity index (χ1v) is 4.76. The van der Waals surface area contributed by atoms with Gasteiger partial charge in [-0.3, -0.25) is 0 Å². The number of aliphatic hydroxyl groups is 1. The van der Waals surface area contributed by atoms with Crippen molar-refractivity contribution in [1.29, 1.82) is 0 Å². The van der Waals surface area contributed by atoms with Gasteiger partial charge in [-0.1, -0.05) is 52.3 Å². The van der Waals surface area contributed by atoms with Crippen molar-refractivity contribution in [2.45, 2.75) is 6.10 Å². The fraction of sp³-hybridized carbons (Fsp3) is 0.0909. The molecule has 13 heavy (non-hydrogen) atoms. The van der Waals surface area contributed by atoms with Gasteiger partial charge in [-0.2, -0.15) is 0 Å². The molecule has 0 aliphatic heterocycles. The van der Waals surface area contributed by atoms with Crippen LogP contribution in [0.5, 0.6) is 0 Å². The number of halogens is 1. The van der Waals surface area contributed by atoms with E-state index in [9.17, 15) is 5.11 Å². The lowest BCUT2D eigenvalue weighted by Crippen LogP contribution is -1.95. The molecule has 1 nitrogen and oxygen atoms in total. The molecule has 1 unspecified atom stereocenters. The van der Waals surface area contributed by atoms with Crippen LogP contribution in [0.2, 0.25) is 0 Å². The molecule has 0 saturated heterocycles. The molecule has 0 spiro atoms. The van der Waals surface area contributed by atoms with Gasteiger partial charge in [0.25, 0.3) is 0 Å². The minimum Gasteiger partial charge on any atom is -0.385 e. The van der Waals surface area contributed by atoms with E-state index in [2.05, 4.69) is 22.5 Å². The summed E-state index contributed by atoms with van der Waals surface area (Å²) in [7, 11) is 0. The van der Waals surface area contributed by atoms with Crippen LogP contribution >= 0.6 is 15.9 Å². The fourth-order valence-electron chi connectivity index (χ4n) is 0.912. The standard InChI is InChI=1S/C11H11BrO/c1-2-10(13)8-11(12)9-6-4-3-5-7-9/h2-8,10,13H,1H2/b11-8-. The van der Waals surface area contributed by atoms with Crippen LogP contribution < -0.4 is 0 Å². The van der Waals surface area contributed by atoms with Crippen molar-refractivity contribution in [2.24, 2.45) is 0 Å². The molecule has 1 N–H and O–H groups in total. The van der Waals surface area contributed by atoms with E-state index in [1.54, 1.807) is 6.08 Å². The molecule has 0 radical (unpaired) electrons. The average molecular weight is 239 g/mol. The highest BCUT2D eigenvalue weighted by molar-refractivity contribution is 9.15. The Bertz CT molecular complexity index is 303. The van der Waals surface area contributed by atoms with Gasteiger partial charge in [0, 0.05) is 4.48 Å². The van der Waals surface area contributed by atoms with Gasteiger partial charge in [0.15, 0.2) is 0 Å². The first-order chi connectivity index (χ1) is 6.24. The molecule has 1 atom stereocenters. The molecule has 0 bridgehead atoms. The van der Waals surface area contributed by atoms with Gasteiger partial charge < -0.3 is 5.11 Å². The van der Waals surface area contributed by atoms with Crippen molar-refractivity contribution in [3.63, 3.8) is 0 Å². The fourth-order valence-corrected chi connectivity index (χ4v) is 1.45. The van der Waals surface area contributed by atoms with E-state index in [1.165, 1.54) is 6.08 Å². The molecule has 0 aromatic heterocycles. The molecular formula is C11H11BrO. The van der Waals surface area contributed by atoms with E-state index >= 15 is 0 Å². The zero-order valence-corrected chi connectivity index (χ0v) is 8.74. The summed E-state index contributed by atoms with van der Waals surface area (Å²) in [6.07, 6.45) is 2.57. The molecular weight excluding hydrogens is 228 g/mol. The molecule has 0 aliphatic carbocycles. The van der Waals surface area contributed by atoms with Crippen LogP contribution in [0.15, 0.2) is 49.1 Å². The SMILES string of the molecule is C=CC(O)/C=C(\Br)c1ccccc1. The van der Waals surface area contributed by atoms with E-state index in [-0.39, 0.29) is 0 Å². The highest BCUT2D eigenvalue weighted by Gasteiger charge is 1.98. The largest absolute Gasteiger partial charge is 0.385 e. The molecule has 2 heteroatoms. The summed E-state index contributed by atoms with van der Waals surface area (Å²) < 4.78 is 0.875. The second-order valence-electron chi connectivity index (χ2n) is 2.61. The third-order valence-electron chi connectivity index (χ3n) is 1.61. The van der Waals surface area contributed by atoms with Crippen LogP contribution in [0.4, 0.5) is 0 Å². The predicted octanol–water partition coefficient (Wildman–Crippen LogP) is 2.97. The lowest BCUT2D eigenvalue weighted by atomic mass is 10.2. The Morgan fingerprint density at radius 3 is 2.54 bits per heavy atom. The van der Waals surface area contributed by atoms with E-state index in [0.717, 1.165) is 10.0 Å². The normalized spacial score (nSPS) is 13.8. The van der Waals surface area contributed by atoms with Gasteiger partial charge in [0.2, 0.25) is 0 Å². The highest BCUT2D eigenvalue weighted by atomic mass is 79.9. The second kappa shape index (κ2) is 5.00. The first kappa shape index (κ1) is 10.2. The Morgan fingerprint density at radius 1 is 1.38 bits per heavy atom. The van der Waals surface area contributed by atoms with Crippen LogP contribution in [0.1, 0.15) is 5.56 Å². The molecule has 0 heterocycles. The van der Waals surface area contributed by atoms with Crippen molar-refractivity contribution in [3.05, 3.63) is 54.6 Å². The van der Waals surface area contributed by atoms with Gasteiger partial charge in [-0.25, -0.2) is 0 Å². The molecule has 0 aliphatic rings. The van der Waals surface area contributed by atoms with Crippen LogP contribution in [-0.4, -0.2) is 11.2 Å². The van der Waals surface area contributed by atoms with Gasteiger partial charge >= 0.3 is 0 Å². The maximum Gasteiger partial charge on any atom is 0.0914 e. The van der Waals surface area contributed by atoms with Gasteiger partial charge in [0.1, 0.15) is 0 Å². The van der Waals surface area contributed by atoms with Crippen molar-refractivity contribution in [1.82, 2.24) is 0 Å². The molecule has 0 fully saturated rings. The summed E-state index contributed by atoms with van der Waals surface area (Å²) in [6.45, 7) is 3.49. The van der Waals surface area contributed by atoms with Gasteiger partial charge in [-0.15, -0.1) is 6.58 Å². The first-order valence-electron chi connectivity index (χ1n) is 3.97. The number of rotatable bonds is 3. The highest BCUT2D eigenvalue weighted by Crippen LogP contribution is 2.21. The Balaban J connectivity index is 2.84. The summed E-state index contributed by atoms with van der Waals surface area (Å²) in [5, 5.41) is 9.27. The van der Waals surface area contributed by atoms with Gasteiger partial charge in [-0.05, 0) is 11.6 Å². The molecule has 68 valence electrons. The van der Waals surface area contributed by atoms with Crippen LogP contribution in [0.3, 0.4) is 0 Å². The Kier molecular flexibility index (Phi) is 3.93. The lowest BCUT2D eigenvalue weighted by Gasteiger charge is -2.01. The smallest absolute Gasteiger partial charge is 0.0914 e. The maximum atomic E-state index is 9.27. The zero-order valence-electron chi connectivity index (χ0n) is 7.15. The summed E-state index contributed by atoms with van der Waals surface area (Å²) in [4.78, 5) is 0. The van der Waals surface area contributed by atoms with Crippen molar-refractivity contribution < 1.29 is 5.11 Å². The maximum absolute atomic E-state index is 9.27. The van der Waals surface area contributed by atoms with E-state index in [0.29, 0.717) is 0 Å². The minimum atomic E-state index is -0.602. The average Bonchev–Trinajstić information content (AvgIpc) is 2.19. The topological polar surface area (TPSA) is 20.2 Å². The third-order valence-corrected chi connectivity index (χ3v) is 2.33. The monoisotopic (exact) mass is 238 g/mol. The van der Waals surface area contributed by atoms with Crippen molar-refractivity contribution >= 4 is 20.4 Å². The van der Waals surface area contributed by atoms with Crippen LogP contribution in [0.25, 0.3) is 4.48 Å². The van der Waals surface area contributed by atoms with Crippen LogP contribution in [0, 0.1) is 0 Å². The number of aliphatic hydroxyl groups excluding tert-OH is 1. The summed E-state index contributed by atoms with van der Waals surface area (Å²) in [5.74, 6) is 0. The zero-order chi connectivity index (χ0) is 9.68.